The summed E-state index contributed by atoms with van der Waals surface area (Å²) in [6.07, 6.45) is 1.34. The second-order valence-corrected chi connectivity index (χ2v) is 9.79. The molecule has 1 aliphatic heterocycles. The molecule has 4 atom stereocenters. The molecule has 0 saturated carbocycles. The van der Waals surface area contributed by atoms with Gasteiger partial charge in [-0.05, 0) is 48.5 Å². The van der Waals surface area contributed by atoms with Crippen LogP contribution in [0.4, 0.5) is 0 Å². The third-order valence-corrected chi connectivity index (χ3v) is 6.00. The number of amides is 1. The van der Waals surface area contributed by atoms with E-state index in [2.05, 4.69) is 5.32 Å². The molecule has 1 aliphatic rings. The number of carbonyl (C=O) groups excluding carboxylic acids is 2. The van der Waals surface area contributed by atoms with Gasteiger partial charge in [0.2, 0.25) is 5.91 Å². The first-order valence-corrected chi connectivity index (χ1v) is 10.2. The van der Waals surface area contributed by atoms with Gasteiger partial charge in [-0.15, -0.1) is 0 Å². The summed E-state index contributed by atoms with van der Waals surface area (Å²) in [4.78, 5) is 37.0. The van der Waals surface area contributed by atoms with Crippen LogP contribution in [-0.4, -0.2) is 40.3 Å². The highest BCUT2D eigenvalue weighted by Crippen LogP contribution is 2.37. The SMILES string of the molecule is CC(=O)[C@@H](NC(=O)C(CC(C)C)[C@@H](C(=O)O)C1CCSC1)C(C)(C)C. The van der Waals surface area contributed by atoms with E-state index in [1.165, 1.54) is 6.92 Å². The lowest BCUT2D eigenvalue weighted by molar-refractivity contribution is -0.150. The lowest BCUT2D eigenvalue weighted by atomic mass is 9.76. The Hall–Kier alpha value is -1.04. The molecule has 0 aromatic rings. The number of thioether (sulfide) groups is 1. The molecule has 0 radical (unpaired) electrons. The smallest absolute Gasteiger partial charge is 0.307 e. The predicted molar refractivity (Wildman–Crippen MR) is 102 cm³/mol. The number of rotatable bonds is 8. The predicted octanol–water partition coefficient (Wildman–Crippen LogP) is 3.22. The standard InChI is InChI=1S/C19H33NO4S/c1-11(2)9-14(15(18(23)24)13-7-8-25-10-13)17(22)20-16(12(3)21)19(4,5)6/h11,13-16H,7-10H2,1-6H3,(H,20,22)(H,23,24)/t13?,14?,15-,16+/m0/s1. The van der Waals surface area contributed by atoms with Gasteiger partial charge in [0, 0.05) is 0 Å². The van der Waals surface area contributed by atoms with Gasteiger partial charge < -0.3 is 10.4 Å². The number of carbonyl (C=O) groups is 3. The molecule has 1 rings (SSSR count). The number of hydrogen-bond donors (Lipinski definition) is 2. The summed E-state index contributed by atoms with van der Waals surface area (Å²) in [6.45, 7) is 11.2. The molecule has 5 nitrogen and oxygen atoms in total. The zero-order valence-corrected chi connectivity index (χ0v) is 17.1. The van der Waals surface area contributed by atoms with Crippen molar-refractivity contribution in [1.29, 1.82) is 0 Å². The zero-order valence-electron chi connectivity index (χ0n) is 16.3. The van der Waals surface area contributed by atoms with Gasteiger partial charge in [0.15, 0.2) is 5.78 Å². The lowest BCUT2D eigenvalue weighted by Crippen LogP contribution is -2.52. The zero-order chi connectivity index (χ0) is 19.4. The summed E-state index contributed by atoms with van der Waals surface area (Å²) < 4.78 is 0. The monoisotopic (exact) mass is 371 g/mol. The molecule has 1 amide bonds. The summed E-state index contributed by atoms with van der Waals surface area (Å²) in [5, 5.41) is 12.7. The largest absolute Gasteiger partial charge is 0.481 e. The van der Waals surface area contributed by atoms with Gasteiger partial charge in [-0.25, -0.2) is 0 Å². The average molecular weight is 372 g/mol. The second-order valence-electron chi connectivity index (χ2n) is 8.64. The van der Waals surface area contributed by atoms with Crippen LogP contribution in [0.15, 0.2) is 0 Å². The van der Waals surface area contributed by atoms with Gasteiger partial charge >= 0.3 is 5.97 Å². The first kappa shape index (κ1) is 22.0. The van der Waals surface area contributed by atoms with Crippen molar-refractivity contribution >= 4 is 29.4 Å². The van der Waals surface area contributed by atoms with E-state index in [1.54, 1.807) is 11.8 Å². The maximum Gasteiger partial charge on any atom is 0.307 e. The van der Waals surface area contributed by atoms with Gasteiger partial charge in [-0.1, -0.05) is 34.6 Å². The van der Waals surface area contributed by atoms with E-state index in [-0.39, 0.29) is 23.5 Å². The van der Waals surface area contributed by atoms with Crippen molar-refractivity contribution in [1.82, 2.24) is 5.32 Å². The summed E-state index contributed by atoms with van der Waals surface area (Å²) >= 11 is 1.75. The highest BCUT2D eigenvalue weighted by molar-refractivity contribution is 7.99. The van der Waals surface area contributed by atoms with E-state index >= 15 is 0 Å². The van der Waals surface area contributed by atoms with Crippen LogP contribution in [0, 0.1) is 29.1 Å². The fourth-order valence-corrected chi connectivity index (χ4v) is 4.95. The maximum atomic E-state index is 13.0. The number of Topliss-reactive ketones (excluding diaryl/α,β-unsaturated/α-hetero) is 1. The van der Waals surface area contributed by atoms with Crippen LogP contribution >= 0.6 is 11.8 Å². The number of ketones is 1. The summed E-state index contributed by atoms with van der Waals surface area (Å²) in [5.41, 5.74) is -0.411. The Morgan fingerprint density at radius 3 is 2.20 bits per heavy atom. The molecule has 6 heteroatoms. The Bertz CT molecular complexity index is 492. The Morgan fingerprint density at radius 1 is 1.24 bits per heavy atom. The van der Waals surface area contributed by atoms with E-state index in [1.807, 2.05) is 34.6 Å². The van der Waals surface area contributed by atoms with Crippen molar-refractivity contribution in [2.24, 2.45) is 29.1 Å². The fraction of sp³-hybridized carbons (Fsp3) is 0.842. The van der Waals surface area contributed by atoms with Crippen LogP contribution in [-0.2, 0) is 14.4 Å². The van der Waals surface area contributed by atoms with Crippen molar-refractivity contribution in [2.75, 3.05) is 11.5 Å². The number of carboxylic acid groups (broad SMARTS) is 1. The van der Waals surface area contributed by atoms with Crippen molar-refractivity contribution in [3.8, 4) is 0 Å². The minimum atomic E-state index is -0.900. The molecule has 144 valence electrons. The minimum absolute atomic E-state index is 0.0161. The molecule has 0 bridgehead atoms. The topological polar surface area (TPSA) is 83.5 Å². The Kier molecular flexibility index (Phi) is 7.97. The average Bonchev–Trinajstić information content (AvgIpc) is 2.95. The van der Waals surface area contributed by atoms with Gasteiger partial charge in [0.25, 0.3) is 0 Å². The van der Waals surface area contributed by atoms with E-state index < -0.39 is 29.3 Å². The number of carboxylic acids is 1. The second kappa shape index (κ2) is 9.06. The van der Waals surface area contributed by atoms with Crippen molar-refractivity contribution < 1.29 is 19.5 Å². The maximum absolute atomic E-state index is 13.0. The van der Waals surface area contributed by atoms with Crippen LogP contribution in [0.3, 0.4) is 0 Å². The van der Waals surface area contributed by atoms with Crippen LogP contribution in [0.25, 0.3) is 0 Å². The highest BCUT2D eigenvalue weighted by atomic mass is 32.2. The van der Waals surface area contributed by atoms with Crippen molar-refractivity contribution in [2.45, 2.75) is 60.4 Å². The summed E-state index contributed by atoms with van der Waals surface area (Å²) in [5.74, 6) is -0.643. The molecule has 0 spiro atoms. The molecule has 1 fully saturated rings. The molecular formula is C19H33NO4S. The van der Waals surface area contributed by atoms with Gasteiger partial charge in [-0.3, -0.25) is 14.4 Å². The molecule has 0 aromatic carbocycles. The Morgan fingerprint density at radius 2 is 1.84 bits per heavy atom. The molecule has 2 unspecified atom stereocenters. The number of aliphatic carboxylic acids is 1. The molecule has 1 saturated heterocycles. The van der Waals surface area contributed by atoms with E-state index in [0.29, 0.717) is 6.42 Å². The number of hydrogen-bond acceptors (Lipinski definition) is 4. The molecule has 1 heterocycles. The molecule has 2 N–H and O–H groups in total. The third-order valence-electron chi connectivity index (χ3n) is 4.81. The van der Waals surface area contributed by atoms with E-state index in [4.69, 9.17) is 0 Å². The molecular weight excluding hydrogens is 338 g/mol. The fourth-order valence-electron chi connectivity index (χ4n) is 3.64. The van der Waals surface area contributed by atoms with Crippen molar-refractivity contribution in [3.63, 3.8) is 0 Å². The molecule has 0 aromatic heterocycles. The van der Waals surface area contributed by atoms with Crippen molar-refractivity contribution in [3.05, 3.63) is 0 Å². The first-order chi connectivity index (χ1) is 11.4. The molecule has 0 aliphatic carbocycles. The highest BCUT2D eigenvalue weighted by Gasteiger charge is 2.42. The third kappa shape index (κ3) is 6.32. The van der Waals surface area contributed by atoms with E-state index in [0.717, 1.165) is 17.9 Å². The van der Waals surface area contributed by atoms with Crippen LogP contribution in [0.2, 0.25) is 0 Å². The van der Waals surface area contributed by atoms with Gasteiger partial charge in [0.05, 0.1) is 17.9 Å². The quantitative estimate of drug-likeness (QED) is 0.684. The van der Waals surface area contributed by atoms with Gasteiger partial charge in [-0.2, -0.15) is 11.8 Å². The minimum Gasteiger partial charge on any atom is -0.481 e. The van der Waals surface area contributed by atoms with Crippen LogP contribution in [0.1, 0.15) is 54.4 Å². The number of nitrogens with one attached hydrogen (secondary N) is 1. The Labute approximate surface area is 155 Å². The Balaban J connectivity index is 3.08. The lowest BCUT2D eigenvalue weighted by Gasteiger charge is -2.33. The van der Waals surface area contributed by atoms with Gasteiger partial charge in [0.1, 0.15) is 0 Å². The summed E-state index contributed by atoms with van der Waals surface area (Å²) in [6, 6.07) is -0.609. The van der Waals surface area contributed by atoms with E-state index in [9.17, 15) is 19.5 Å². The first-order valence-electron chi connectivity index (χ1n) is 9.06. The summed E-state index contributed by atoms with van der Waals surface area (Å²) in [7, 11) is 0. The van der Waals surface area contributed by atoms with Crippen LogP contribution < -0.4 is 5.32 Å². The normalized spacial score (nSPS) is 21.6. The van der Waals surface area contributed by atoms with Crippen LogP contribution in [0.5, 0.6) is 0 Å². The molecule has 25 heavy (non-hydrogen) atoms.